The zero-order chi connectivity index (χ0) is 18.3. The van der Waals surface area contributed by atoms with Crippen molar-refractivity contribution in [3.63, 3.8) is 0 Å². The highest BCUT2D eigenvalue weighted by Gasteiger charge is 2.32. The highest BCUT2D eigenvalue weighted by Crippen LogP contribution is 2.22. The summed E-state index contributed by atoms with van der Waals surface area (Å²) >= 11 is 0. The van der Waals surface area contributed by atoms with Gasteiger partial charge in [-0.1, -0.05) is 6.07 Å². The van der Waals surface area contributed by atoms with E-state index in [0.29, 0.717) is 18.7 Å². The number of fused-ring (bicyclic) bond motifs is 1. The number of aromatic amines is 1. The quantitative estimate of drug-likeness (QED) is 0.733. The Kier molecular flexibility index (Phi) is 4.34. The molecule has 4 heterocycles. The number of likely N-dealkylation sites (tertiary alicyclic amines) is 1. The summed E-state index contributed by atoms with van der Waals surface area (Å²) in [6.45, 7) is 5.78. The molecule has 1 aliphatic heterocycles. The third-order valence-corrected chi connectivity index (χ3v) is 5.03. The van der Waals surface area contributed by atoms with Crippen molar-refractivity contribution < 1.29 is 5.11 Å². The van der Waals surface area contributed by atoms with Crippen molar-refractivity contribution in [1.82, 2.24) is 24.5 Å². The molecule has 1 aliphatic rings. The highest BCUT2D eigenvalue weighted by atomic mass is 16.3. The number of aliphatic hydroxyl groups excluding tert-OH is 1. The molecule has 136 valence electrons. The maximum Gasteiger partial charge on any atom is 0.258 e. The summed E-state index contributed by atoms with van der Waals surface area (Å²) < 4.78 is 1.62. The van der Waals surface area contributed by atoms with Crippen LogP contribution in [0.3, 0.4) is 0 Å². The molecule has 0 unspecified atom stereocenters. The lowest BCUT2D eigenvalue weighted by molar-refractivity contribution is 0.140. The number of aromatic nitrogens is 4. The molecule has 2 N–H and O–H groups in total. The van der Waals surface area contributed by atoms with Crippen LogP contribution in [-0.4, -0.2) is 48.8 Å². The van der Waals surface area contributed by atoms with E-state index < -0.39 is 6.10 Å². The molecule has 1 fully saturated rings. The molecule has 4 rings (SSSR count). The van der Waals surface area contributed by atoms with E-state index in [2.05, 4.69) is 20.1 Å². The summed E-state index contributed by atoms with van der Waals surface area (Å²) in [5.74, 6) is 0.140. The number of nitrogens with zero attached hydrogens (tertiary/aromatic N) is 4. The van der Waals surface area contributed by atoms with Gasteiger partial charge in [-0.2, -0.15) is 5.10 Å². The van der Waals surface area contributed by atoms with Gasteiger partial charge in [0.25, 0.3) is 5.56 Å². The van der Waals surface area contributed by atoms with Gasteiger partial charge in [0.15, 0.2) is 0 Å². The van der Waals surface area contributed by atoms with Gasteiger partial charge in [0.2, 0.25) is 0 Å². The van der Waals surface area contributed by atoms with Crippen LogP contribution in [0.5, 0.6) is 0 Å². The van der Waals surface area contributed by atoms with E-state index in [1.165, 1.54) is 0 Å². The molecule has 0 bridgehead atoms. The number of H-pyrrole nitrogens is 1. The largest absolute Gasteiger partial charge is 0.391 e. The third kappa shape index (κ3) is 3.27. The molecule has 0 aliphatic carbocycles. The van der Waals surface area contributed by atoms with Crippen LogP contribution >= 0.6 is 0 Å². The fraction of sp³-hybridized carbons (Fsp3) is 0.421. The summed E-state index contributed by atoms with van der Waals surface area (Å²) in [5.41, 5.74) is 4.22. The minimum Gasteiger partial charge on any atom is -0.391 e. The molecule has 26 heavy (non-hydrogen) atoms. The Morgan fingerprint density at radius 2 is 2.08 bits per heavy atom. The van der Waals surface area contributed by atoms with E-state index in [1.54, 1.807) is 10.5 Å². The van der Waals surface area contributed by atoms with Crippen molar-refractivity contribution in [2.24, 2.45) is 5.92 Å². The fourth-order valence-corrected chi connectivity index (χ4v) is 3.79. The molecule has 3 aromatic heterocycles. The molecule has 7 nitrogen and oxygen atoms in total. The number of hydrogen-bond donors (Lipinski definition) is 2. The Balaban J connectivity index is 1.49. The van der Waals surface area contributed by atoms with Crippen molar-refractivity contribution in [1.29, 1.82) is 0 Å². The van der Waals surface area contributed by atoms with E-state index in [9.17, 15) is 9.90 Å². The summed E-state index contributed by atoms with van der Waals surface area (Å²) in [5, 5.41) is 17.6. The lowest BCUT2D eigenvalue weighted by atomic mass is 10.0. The van der Waals surface area contributed by atoms with E-state index in [1.807, 2.05) is 38.1 Å². The second kappa shape index (κ2) is 6.66. The van der Waals surface area contributed by atoms with Crippen LogP contribution in [-0.2, 0) is 13.0 Å². The monoisotopic (exact) mass is 353 g/mol. The first-order valence-electron chi connectivity index (χ1n) is 8.89. The van der Waals surface area contributed by atoms with Gasteiger partial charge in [-0.3, -0.25) is 19.2 Å². The van der Waals surface area contributed by atoms with Crippen LogP contribution in [0.1, 0.15) is 22.8 Å². The molecule has 0 amide bonds. The van der Waals surface area contributed by atoms with E-state index in [4.69, 9.17) is 0 Å². The van der Waals surface area contributed by atoms with Gasteiger partial charge in [0.1, 0.15) is 5.65 Å². The predicted octanol–water partition coefficient (Wildman–Crippen LogP) is 1.07. The van der Waals surface area contributed by atoms with E-state index in [0.717, 1.165) is 35.7 Å². The average molecular weight is 353 g/mol. The lowest BCUT2D eigenvalue weighted by Crippen LogP contribution is -2.24. The van der Waals surface area contributed by atoms with Crippen LogP contribution in [0.2, 0.25) is 0 Å². The van der Waals surface area contributed by atoms with Crippen molar-refractivity contribution in [2.75, 3.05) is 13.1 Å². The second-order valence-corrected chi connectivity index (χ2v) is 7.21. The van der Waals surface area contributed by atoms with Gasteiger partial charge in [0.05, 0.1) is 17.5 Å². The number of rotatable bonds is 4. The van der Waals surface area contributed by atoms with Crippen LogP contribution < -0.4 is 5.56 Å². The normalized spacial score (nSPS) is 20.9. The van der Waals surface area contributed by atoms with Crippen molar-refractivity contribution in [2.45, 2.75) is 32.9 Å². The standard InChI is InChI=1S/C19H23N5O2/c1-12-6-15(22-21-12)7-14-9-23(11-17(14)25)10-16-8-19(26)24-13(2)4-3-5-18(24)20-16/h3-6,8,14,17,25H,7,9-11H2,1-2H3,(H,21,22)/t14-,17-/m1/s1. The molecule has 0 spiro atoms. The Bertz CT molecular complexity index is 993. The summed E-state index contributed by atoms with van der Waals surface area (Å²) in [4.78, 5) is 19.2. The van der Waals surface area contributed by atoms with Crippen LogP contribution in [0.15, 0.2) is 35.1 Å². The topological polar surface area (TPSA) is 86.5 Å². The van der Waals surface area contributed by atoms with Gasteiger partial charge in [-0.15, -0.1) is 0 Å². The Labute approximate surface area is 151 Å². The smallest absolute Gasteiger partial charge is 0.258 e. The number of aryl methyl sites for hydroxylation is 2. The minimum atomic E-state index is -0.393. The lowest BCUT2D eigenvalue weighted by Gasteiger charge is -2.15. The molecule has 2 atom stereocenters. The molecular weight excluding hydrogens is 330 g/mol. The van der Waals surface area contributed by atoms with Gasteiger partial charge >= 0.3 is 0 Å². The van der Waals surface area contributed by atoms with E-state index in [-0.39, 0.29) is 11.5 Å². The van der Waals surface area contributed by atoms with E-state index >= 15 is 0 Å². The Hall–Kier alpha value is -2.51. The molecule has 7 heteroatoms. The summed E-state index contributed by atoms with van der Waals surface area (Å²) in [6, 6.07) is 9.26. The first kappa shape index (κ1) is 16.9. The highest BCUT2D eigenvalue weighted by molar-refractivity contribution is 5.40. The second-order valence-electron chi connectivity index (χ2n) is 7.21. The van der Waals surface area contributed by atoms with Crippen molar-refractivity contribution in [3.8, 4) is 0 Å². The summed E-state index contributed by atoms with van der Waals surface area (Å²) in [6.07, 6.45) is 0.352. The maximum absolute atomic E-state index is 12.4. The van der Waals surface area contributed by atoms with Crippen molar-refractivity contribution in [3.05, 3.63) is 63.5 Å². The zero-order valence-electron chi connectivity index (χ0n) is 15.0. The number of β-amino-alcohol motifs (C(OH)–C–C–N with tert-alkyl or cyclic N) is 1. The molecule has 0 aromatic carbocycles. The zero-order valence-corrected chi connectivity index (χ0v) is 15.0. The Morgan fingerprint density at radius 1 is 1.23 bits per heavy atom. The SMILES string of the molecule is Cc1cc(C[C@@H]2CN(Cc3cc(=O)n4c(C)cccc4n3)C[C@H]2O)n[nH]1. The van der Waals surface area contributed by atoms with Crippen LogP contribution in [0, 0.1) is 19.8 Å². The number of hydrogen-bond acceptors (Lipinski definition) is 5. The summed E-state index contributed by atoms with van der Waals surface area (Å²) in [7, 11) is 0. The molecular formula is C19H23N5O2. The first-order valence-corrected chi connectivity index (χ1v) is 8.89. The van der Waals surface area contributed by atoms with Crippen molar-refractivity contribution >= 4 is 5.65 Å². The van der Waals surface area contributed by atoms with Gasteiger partial charge < -0.3 is 5.11 Å². The minimum absolute atomic E-state index is 0.0635. The molecule has 0 radical (unpaired) electrons. The van der Waals surface area contributed by atoms with Gasteiger partial charge in [-0.25, -0.2) is 4.98 Å². The average Bonchev–Trinajstić information content (AvgIpc) is 3.13. The number of pyridine rings is 1. The predicted molar refractivity (Wildman–Crippen MR) is 98.0 cm³/mol. The molecule has 0 saturated carbocycles. The molecule has 3 aromatic rings. The first-order chi connectivity index (χ1) is 12.5. The number of nitrogens with one attached hydrogen (secondary N) is 1. The Morgan fingerprint density at radius 3 is 2.85 bits per heavy atom. The maximum atomic E-state index is 12.4. The third-order valence-electron chi connectivity index (χ3n) is 5.03. The molecule has 1 saturated heterocycles. The van der Waals surface area contributed by atoms with Crippen LogP contribution in [0.4, 0.5) is 0 Å². The fourth-order valence-electron chi connectivity index (χ4n) is 3.79. The van der Waals surface area contributed by atoms with Crippen LogP contribution in [0.25, 0.3) is 5.65 Å². The van der Waals surface area contributed by atoms with Gasteiger partial charge in [0, 0.05) is 43.0 Å². The number of aliphatic hydroxyl groups is 1. The van der Waals surface area contributed by atoms with Gasteiger partial charge in [-0.05, 0) is 38.5 Å².